The molecule has 0 saturated carbocycles. The van der Waals surface area contributed by atoms with Gasteiger partial charge in [0, 0.05) is 13.0 Å². The second-order valence-electron chi connectivity index (χ2n) is 2.16. The third-order valence-electron chi connectivity index (χ3n) is 1.20. The smallest absolute Gasteiger partial charge is 0.150 e. The lowest BCUT2D eigenvalue weighted by Gasteiger charge is -1.87. The molecule has 0 aromatic carbocycles. The van der Waals surface area contributed by atoms with Crippen molar-refractivity contribution in [3.05, 3.63) is 11.6 Å². The molecule has 56 valence electrons. The summed E-state index contributed by atoms with van der Waals surface area (Å²) in [6.07, 6.45) is 1.48. The molecular formula is C6H11N3O. The fraction of sp³-hybridized carbons (Fsp3) is 0.667. The van der Waals surface area contributed by atoms with E-state index in [1.54, 1.807) is 0 Å². The molecule has 0 bridgehead atoms. The fourth-order valence-electron chi connectivity index (χ4n) is 0.738. The summed E-state index contributed by atoms with van der Waals surface area (Å²) in [5.41, 5.74) is 0. The second kappa shape index (κ2) is 3.31. The first-order valence-corrected chi connectivity index (χ1v) is 3.31. The van der Waals surface area contributed by atoms with E-state index in [-0.39, 0.29) is 6.61 Å². The maximum Gasteiger partial charge on any atom is 0.150 e. The first-order chi connectivity index (χ1) is 4.83. The molecule has 1 aromatic rings. The number of aliphatic hydroxyl groups is 1. The van der Waals surface area contributed by atoms with Gasteiger partial charge in [0.05, 0.1) is 0 Å². The Balaban J connectivity index is 2.42. The summed E-state index contributed by atoms with van der Waals surface area (Å²) in [6.45, 7) is 2.06. The lowest BCUT2D eigenvalue weighted by molar-refractivity contribution is 0.287. The molecule has 1 rings (SSSR count). The van der Waals surface area contributed by atoms with E-state index in [9.17, 15) is 0 Å². The van der Waals surface area contributed by atoms with Gasteiger partial charge < -0.3 is 5.11 Å². The summed E-state index contributed by atoms with van der Waals surface area (Å²) in [5, 5.41) is 15.1. The van der Waals surface area contributed by atoms with Crippen LogP contribution in [-0.4, -0.2) is 26.9 Å². The van der Waals surface area contributed by atoms with Crippen LogP contribution in [0.1, 0.15) is 18.1 Å². The van der Waals surface area contributed by atoms with Crippen molar-refractivity contribution in [2.45, 2.75) is 19.8 Å². The molecule has 0 spiro atoms. The van der Waals surface area contributed by atoms with Crippen molar-refractivity contribution in [3.8, 4) is 0 Å². The molecule has 1 heterocycles. The van der Waals surface area contributed by atoms with Crippen molar-refractivity contribution in [3.63, 3.8) is 0 Å². The topological polar surface area (TPSA) is 61.8 Å². The normalized spacial score (nSPS) is 10.2. The number of nitrogens with one attached hydrogen (secondary N) is 1. The van der Waals surface area contributed by atoms with Crippen LogP contribution < -0.4 is 0 Å². The Morgan fingerprint density at radius 2 is 2.40 bits per heavy atom. The van der Waals surface area contributed by atoms with Crippen LogP contribution in [0.15, 0.2) is 0 Å². The van der Waals surface area contributed by atoms with Crippen molar-refractivity contribution in [2.75, 3.05) is 6.61 Å². The molecule has 1 aromatic heterocycles. The van der Waals surface area contributed by atoms with Gasteiger partial charge in [0.1, 0.15) is 5.82 Å². The summed E-state index contributed by atoms with van der Waals surface area (Å²) >= 11 is 0. The molecule has 0 saturated heterocycles. The summed E-state index contributed by atoms with van der Waals surface area (Å²) in [5.74, 6) is 1.61. The Labute approximate surface area is 59.3 Å². The van der Waals surface area contributed by atoms with Crippen LogP contribution >= 0.6 is 0 Å². The van der Waals surface area contributed by atoms with Gasteiger partial charge in [0.25, 0.3) is 0 Å². The highest BCUT2D eigenvalue weighted by Gasteiger charge is 1.96. The van der Waals surface area contributed by atoms with E-state index in [1.165, 1.54) is 0 Å². The quantitative estimate of drug-likeness (QED) is 0.624. The van der Waals surface area contributed by atoms with E-state index in [4.69, 9.17) is 5.11 Å². The maximum absolute atomic E-state index is 8.47. The Morgan fingerprint density at radius 3 is 2.90 bits per heavy atom. The minimum Gasteiger partial charge on any atom is -0.396 e. The van der Waals surface area contributed by atoms with Gasteiger partial charge in [0.2, 0.25) is 0 Å². The monoisotopic (exact) mass is 141 g/mol. The number of hydrogen-bond donors (Lipinski definition) is 2. The van der Waals surface area contributed by atoms with E-state index in [0.29, 0.717) is 0 Å². The van der Waals surface area contributed by atoms with Crippen molar-refractivity contribution >= 4 is 0 Å². The zero-order chi connectivity index (χ0) is 7.40. The first-order valence-electron chi connectivity index (χ1n) is 3.31. The van der Waals surface area contributed by atoms with Crippen LogP contribution in [0.25, 0.3) is 0 Å². The van der Waals surface area contributed by atoms with Crippen LogP contribution in [0.5, 0.6) is 0 Å². The number of aryl methyl sites for hydroxylation is 2. The molecule has 0 unspecified atom stereocenters. The molecule has 0 aliphatic rings. The summed E-state index contributed by atoms with van der Waals surface area (Å²) < 4.78 is 0. The second-order valence-corrected chi connectivity index (χ2v) is 2.16. The van der Waals surface area contributed by atoms with Gasteiger partial charge in [-0.1, -0.05) is 0 Å². The van der Waals surface area contributed by atoms with Gasteiger partial charge in [-0.2, -0.15) is 5.10 Å². The molecule has 0 aliphatic heterocycles. The molecule has 0 aliphatic carbocycles. The zero-order valence-corrected chi connectivity index (χ0v) is 5.96. The lowest BCUT2D eigenvalue weighted by Crippen LogP contribution is -1.91. The standard InChI is InChI=1S/C6H11N3O/c1-5-7-6(9-8-5)3-2-4-10/h10H,2-4H2,1H3,(H,7,8,9). The van der Waals surface area contributed by atoms with Gasteiger partial charge in [-0.05, 0) is 13.3 Å². The van der Waals surface area contributed by atoms with Crippen LogP contribution in [0, 0.1) is 6.92 Å². The third kappa shape index (κ3) is 1.80. The summed E-state index contributed by atoms with van der Waals surface area (Å²) in [7, 11) is 0. The highest BCUT2D eigenvalue weighted by Crippen LogP contribution is 1.94. The molecule has 0 amide bonds. The van der Waals surface area contributed by atoms with Crippen LogP contribution in [0.3, 0.4) is 0 Å². The van der Waals surface area contributed by atoms with E-state index >= 15 is 0 Å². The number of aromatic nitrogens is 3. The Bertz CT molecular complexity index is 197. The Kier molecular flexibility index (Phi) is 2.39. The number of rotatable bonds is 3. The van der Waals surface area contributed by atoms with Gasteiger partial charge in [0.15, 0.2) is 5.82 Å². The number of nitrogens with zero attached hydrogens (tertiary/aromatic N) is 2. The van der Waals surface area contributed by atoms with Crippen molar-refractivity contribution in [2.24, 2.45) is 0 Å². The fourth-order valence-corrected chi connectivity index (χ4v) is 0.738. The average molecular weight is 141 g/mol. The molecule has 2 N–H and O–H groups in total. The molecule has 0 atom stereocenters. The first kappa shape index (κ1) is 7.21. The molecule has 0 fully saturated rings. The van der Waals surface area contributed by atoms with Crippen molar-refractivity contribution in [1.82, 2.24) is 15.2 Å². The number of hydrogen-bond acceptors (Lipinski definition) is 3. The van der Waals surface area contributed by atoms with E-state index < -0.39 is 0 Å². The van der Waals surface area contributed by atoms with Crippen LogP contribution in [-0.2, 0) is 6.42 Å². The van der Waals surface area contributed by atoms with E-state index in [0.717, 1.165) is 24.5 Å². The largest absolute Gasteiger partial charge is 0.396 e. The number of H-pyrrole nitrogens is 1. The van der Waals surface area contributed by atoms with Crippen molar-refractivity contribution in [1.29, 1.82) is 0 Å². The molecule has 4 heteroatoms. The molecule has 4 nitrogen and oxygen atoms in total. The van der Waals surface area contributed by atoms with Gasteiger partial charge >= 0.3 is 0 Å². The Hall–Kier alpha value is -0.900. The van der Waals surface area contributed by atoms with Crippen LogP contribution in [0.4, 0.5) is 0 Å². The van der Waals surface area contributed by atoms with Gasteiger partial charge in [-0.25, -0.2) is 4.98 Å². The summed E-state index contributed by atoms with van der Waals surface area (Å²) in [4.78, 5) is 4.07. The molecule has 0 radical (unpaired) electrons. The molecular weight excluding hydrogens is 130 g/mol. The SMILES string of the molecule is Cc1nc(CCCO)n[nH]1. The third-order valence-corrected chi connectivity index (χ3v) is 1.20. The highest BCUT2D eigenvalue weighted by molar-refractivity contribution is 4.87. The van der Waals surface area contributed by atoms with E-state index in [2.05, 4.69) is 15.2 Å². The average Bonchev–Trinajstić information content (AvgIpc) is 2.31. The summed E-state index contributed by atoms with van der Waals surface area (Å²) in [6, 6.07) is 0. The molecule has 10 heavy (non-hydrogen) atoms. The highest BCUT2D eigenvalue weighted by atomic mass is 16.2. The van der Waals surface area contributed by atoms with Crippen molar-refractivity contribution < 1.29 is 5.11 Å². The lowest BCUT2D eigenvalue weighted by atomic mass is 10.3. The maximum atomic E-state index is 8.47. The minimum atomic E-state index is 0.202. The minimum absolute atomic E-state index is 0.202. The number of aromatic amines is 1. The van der Waals surface area contributed by atoms with E-state index in [1.807, 2.05) is 6.92 Å². The van der Waals surface area contributed by atoms with Gasteiger partial charge in [-0.3, -0.25) is 5.10 Å². The number of aliphatic hydroxyl groups excluding tert-OH is 1. The zero-order valence-electron chi connectivity index (χ0n) is 5.96. The van der Waals surface area contributed by atoms with Gasteiger partial charge in [-0.15, -0.1) is 0 Å². The Morgan fingerprint density at radius 1 is 1.60 bits per heavy atom. The van der Waals surface area contributed by atoms with Crippen LogP contribution in [0.2, 0.25) is 0 Å². The predicted octanol–water partition coefficient (Wildman–Crippen LogP) is 0.0380. The predicted molar refractivity (Wildman–Crippen MR) is 36.5 cm³/mol.